The molecule has 1 amide bonds. The van der Waals surface area contributed by atoms with Crippen molar-refractivity contribution in [2.45, 2.75) is 25.2 Å². The predicted molar refractivity (Wildman–Crippen MR) is 108 cm³/mol. The summed E-state index contributed by atoms with van der Waals surface area (Å²) < 4.78 is 31.7. The Morgan fingerprint density at radius 3 is 2.17 bits per heavy atom. The molecular weight excluding hydrogens is 470 g/mol. The van der Waals surface area contributed by atoms with Crippen molar-refractivity contribution in [3.63, 3.8) is 0 Å². The van der Waals surface area contributed by atoms with Crippen LogP contribution in [-0.4, -0.2) is 35.2 Å². The van der Waals surface area contributed by atoms with E-state index in [1.165, 1.54) is 0 Å². The Labute approximate surface area is 185 Å². The summed E-state index contributed by atoms with van der Waals surface area (Å²) in [4.78, 5) is 25.7. The lowest BCUT2D eigenvalue weighted by atomic mass is 10.1. The van der Waals surface area contributed by atoms with Crippen LogP contribution >= 0.6 is 34.8 Å². The number of aliphatic carboxylic acids is 1. The summed E-state index contributed by atoms with van der Waals surface area (Å²) >= 11 is 18.3. The lowest BCUT2D eigenvalue weighted by molar-refractivity contribution is -0.192. The number of aromatic nitrogens is 1. The van der Waals surface area contributed by atoms with Crippen LogP contribution in [0.25, 0.3) is 0 Å². The minimum Gasteiger partial charge on any atom is -0.475 e. The Bertz CT molecular complexity index is 898. The molecule has 2 aromatic rings. The van der Waals surface area contributed by atoms with Gasteiger partial charge in [-0.25, -0.2) is 4.79 Å². The van der Waals surface area contributed by atoms with E-state index in [1.807, 2.05) is 6.92 Å². The van der Waals surface area contributed by atoms with E-state index in [9.17, 15) is 18.0 Å². The summed E-state index contributed by atoms with van der Waals surface area (Å²) in [6.45, 7) is 1.82. The van der Waals surface area contributed by atoms with Crippen molar-refractivity contribution in [1.29, 1.82) is 0 Å². The monoisotopic (exact) mass is 485 g/mol. The number of hydrogen-bond donors (Lipinski definition) is 3. The van der Waals surface area contributed by atoms with Crippen LogP contribution in [0.1, 0.15) is 30.3 Å². The number of benzene rings is 1. The molecule has 0 spiro atoms. The van der Waals surface area contributed by atoms with Gasteiger partial charge >= 0.3 is 12.1 Å². The molecule has 1 aromatic carbocycles. The maximum Gasteiger partial charge on any atom is 0.490 e. The molecule has 0 fully saturated rings. The number of likely N-dealkylation sites (N-methyl/N-ethyl adjacent to an activating group) is 1. The van der Waals surface area contributed by atoms with E-state index < -0.39 is 18.2 Å². The van der Waals surface area contributed by atoms with Gasteiger partial charge < -0.3 is 15.7 Å². The Hall–Kier alpha value is -2.07. The fraction of sp³-hybridized carbons (Fsp3) is 0.278. The molecule has 0 saturated carbocycles. The zero-order chi connectivity index (χ0) is 23.1. The Morgan fingerprint density at radius 2 is 1.67 bits per heavy atom. The Balaban J connectivity index is 0.000000553. The molecule has 1 heterocycles. The summed E-state index contributed by atoms with van der Waals surface area (Å²) in [7, 11) is 1.68. The zero-order valence-corrected chi connectivity index (χ0v) is 17.9. The van der Waals surface area contributed by atoms with Crippen LogP contribution in [0.4, 0.5) is 13.2 Å². The second-order valence-corrected chi connectivity index (χ2v) is 6.96. The predicted octanol–water partition coefficient (Wildman–Crippen LogP) is 4.81. The smallest absolute Gasteiger partial charge is 0.475 e. The lowest BCUT2D eigenvalue weighted by Gasteiger charge is -2.21. The van der Waals surface area contributed by atoms with E-state index in [0.717, 1.165) is 0 Å². The number of carbonyl (C=O) groups excluding carboxylic acids is 1. The highest BCUT2D eigenvalue weighted by Crippen LogP contribution is 2.30. The number of rotatable bonds is 5. The maximum absolute atomic E-state index is 12.6. The fourth-order valence-corrected chi connectivity index (χ4v) is 2.96. The SMILES string of the molecule is CNC(C(=O)NC(C)c1ncccc1Cl)c1cccc(Cl)c1Cl.O=C(O)C(F)(F)F. The summed E-state index contributed by atoms with van der Waals surface area (Å²) in [6, 6.07) is 7.68. The molecule has 0 radical (unpaired) electrons. The third kappa shape index (κ3) is 7.32. The first-order valence-electron chi connectivity index (χ1n) is 8.22. The van der Waals surface area contributed by atoms with Crippen molar-refractivity contribution in [3.05, 3.63) is 62.9 Å². The zero-order valence-electron chi connectivity index (χ0n) is 15.6. The van der Waals surface area contributed by atoms with E-state index >= 15 is 0 Å². The number of hydrogen-bond acceptors (Lipinski definition) is 4. The quantitative estimate of drug-likeness (QED) is 0.564. The van der Waals surface area contributed by atoms with Crippen LogP contribution in [0.15, 0.2) is 36.5 Å². The van der Waals surface area contributed by atoms with Gasteiger partial charge in [-0.2, -0.15) is 13.2 Å². The van der Waals surface area contributed by atoms with Gasteiger partial charge in [0, 0.05) is 6.20 Å². The molecule has 2 rings (SSSR count). The normalized spacial score (nSPS) is 12.9. The van der Waals surface area contributed by atoms with Gasteiger partial charge in [0.15, 0.2) is 0 Å². The minimum absolute atomic E-state index is 0.245. The number of nitrogens with zero attached hydrogens (tertiary/aromatic N) is 1. The summed E-state index contributed by atoms with van der Waals surface area (Å²) in [5.41, 5.74) is 1.22. The van der Waals surface area contributed by atoms with Gasteiger partial charge in [-0.05, 0) is 37.7 Å². The van der Waals surface area contributed by atoms with Crippen molar-refractivity contribution in [2.24, 2.45) is 0 Å². The van der Waals surface area contributed by atoms with Crippen LogP contribution in [-0.2, 0) is 9.59 Å². The van der Waals surface area contributed by atoms with Crippen LogP contribution in [0.3, 0.4) is 0 Å². The average Bonchev–Trinajstić information content (AvgIpc) is 2.65. The summed E-state index contributed by atoms with van der Waals surface area (Å²) in [5.74, 6) is -3.00. The third-order valence-corrected chi connectivity index (χ3v) is 4.79. The number of carboxylic acids is 1. The molecule has 1 aromatic heterocycles. The molecular formula is C18H17Cl3F3N3O3. The molecule has 0 aliphatic carbocycles. The molecule has 12 heteroatoms. The van der Waals surface area contributed by atoms with Gasteiger partial charge in [0.1, 0.15) is 6.04 Å². The highest BCUT2D eigenvalue weighted by molar-refractivity contribution is 6.42. The average molecular weight is 487 g/mol. The summed E-state index contributed by atoms with van der Waals surface area (Å²) in [6.07, 6.45) is -3.45. The van der Waals surface area contributed by atoms with E-state index in [0.29, 0.717) is 26.3 Å². The molecule has 164 valence electrons. The van der Waals surface area contributed by atoms with Crippen molar-refractivity contribution in [2.75, 3.05) is 7.05 Å². The number of carbonyl (C=O) groups is 2. The molecule has 30 heavy (non-hydrogen) atoms. The van der Waals surface area contributed by atoms with E-state index in [2.05, 4.69) is 15.6 Å². The van der Waals surface area contributed by atoms with E-state index in [4.69, 9.17) is 44.7 Å². The highest BCUT2D eigenvalue weighted by atomic mass is 35.5. The molecule has 6 nitrogen and oxygen atoms in total. The van der Waals surface area contributed by atoms with Crippen LogP contribution < -0.4 is 10.6 Å². The third-order valence-electron chi connectivity index (χ3n) is 3.64. The van der Waals surface area contributed by atoms with Crippen LogP contribution in [0, 0.1) is 0 Å². The van der Waals surface area contributed by atoms with Crippen molar-refractivity contribution in [3.8, 4) is 0 Å². The largest absolute Gasteiger partial charge is 0.490 e. The van der Waals surface area contributed by atoms with E-state index in [-0.39, 0.29) is 11.9 Å². The highest BCUT2D eigenvalue weighted by Gasteiger charge is 2.38. The second-order valence-electron chi connectivity index (χ2n) is 5.77. The number of alkyl halides is 3. The Morgan fingerprint density at radius 1 is 1.10 bits per heavy atom. The molecule has 2 atom stereocenters. The first-order valence-corrected chi connectivity index (χ1v) is 9.35. The molecule has 2 unspecified atom stereocenters. The van der Waals surface area contributed by atoms with Crippen molar-refractivity contribution >= 4 is 46.7 Å². The second kappa shape index (κ2) is 11.4. The number of pyridine rings is 1. The standard InChI is InChI=1S/C16H16Cl3N3O.C2HF3O2/c1-9(14-12(18)7-4-8-21-14)22-16(23)15(20-2)10-5-3-6-11(17)13(10)19;3-2(4,5)1(6)7/h3-9,15,20H,1-2H3,(H,22,23);(H,6,7). The first kappa shape index (κ1) is 26.0. The number of amides is 1. The molecule has 3 N–H and O–H groups in total. The number of nitrogens with one attached hydrogen (secondary N) is 2. The van der Waals surface area contributed by atoms with Gasteiger partial charge in [-0.3, -0.25) is 9.78 Å². The van der Waals surface area contributed by atoms with Gasteiger partial charge in [0.2, 0.25) is 5.91 Å². The first-order chi connectivity index (χ1) is 13.9. The van der Waals surface area contributed by atoms with Gasteiger partial charge in [0.05, 0.1) is 26.8 Å². The minimum atomic E-state index is -5.08. The van der Waals surface area contributed by atoms with E-state index in [1.54, 1.807) is 43.6 Å². The number of carboxylic acid groups (broad SMARTS) is 1. The summed E-state index contributed by atoms with van der Waals surface area (Å²) in [5, 5.41) is 14.2. The maximum atomic E-state index is 12.6. The number of halogens is 6. The molecule has 0 bridgehead atoms. The molecule has 0 aliphatic rings. The van der Waals surface area contributed by atoms with Crippen molar-refractivity contribution in [1.82, 2.24) is 15.6 Å². The lowest BCUT2D eigenvalue weighted by Crippen LogP contribution is -2.37. The van der Waals surface area contributed by atoms with Gasteiger partial charge in [0.25, 0.3) is 0 Å². The van der Waals surface area contributed by atoms with Crippen LogP contribution in [0.5, 0.6) is 0 Å². The van der Waals surface area contributed by atoms with Gasteiger partial charge in [-0.15, -0.1) is 0 Å². The molecule has 0 aliphatic heterocycles. The topological polar surface area (TPSA) is 91.3 Å². The fourth-order valence-electron chi connectivity index (χ4n) is 2.25. The van der Waals surface area contributed by atoms with Crippen LogP contribution in [0.2, 0.25) is 15.1 Å². The Kier molecular flexibility index (Phi) is 9.83. The van der Waals surface area contributed by atoms with Crippen molar-refractivity contribution < 1.29 is 27.9 Å². The van der Waals surface area contributed by atoms with Gasteiger partial charge in [-0.1, -0.05) is 46.9 Å². The molecule has 0 saturated heterocycles.